The molecule has 1 aliphatic heterocycles. The van der Waals surface area contributed by atoms with Gasteiger partial charge in [-0.1, -0.05) is 0 Å². The van der Waals surface area contributed by atoms with E-state index in [1.54, 1.807) is 6.07 Å². The molecule has 1 aromatic rings. The molecule has 2 rings (SSSR count). The summed E-state index contributed by atoms with van der Waals surface area (Å²) in [4.78, 5) is 26.2. The molecule has 2 amide bonds. The van der Waals surface area contributed by atoms with E-state index in [4.69, 9.17) is 14.2 Å². The van der Waals surface area contributed by atoms with E-state index in [0.717, 1.165) is 12.2 Å². The molecule has 2 heterocycles. The number of hydrogen-bond acceptors (Lipinski definition) is 7. The highest BCUT2D eigenvalue weighted by Crippen LogP contribution is 2.27. The average molecular weight is 382 g/mol. The number of pyridine rings is 1. The van der Waals surface area contributed by atoms with Crippen molar-refractivity contribution >= 4 is 23.6 Å². The van der Waals surface area contributed by atoms with Gasteiger partial charge < -0.3 is 24.8 Å². The number of rotatable bonds is 1. The molecule has 0 saturated carbocycles. The fraction of sp³-hybridized carbons (Fsp3) is 0.611. The number of carbonyl (C=O) groups excluding carboxylic acids is 2. The highest BCUT2D eigenvalue weighted by atomic mass is 16.6. The smallest absolute Gasteiger partial charge is 0.412 e. The normalized spacial score (nSPS) is 12.9. The van der Waals surface area contributed by atoms with Gasteiger partial charge in [0.1, 0.15) is 17.8 Å². The first-order chi connectivity index (χ1) is 12.4. The van der Waals surface area contributed by atoms with Crippen molar-refractivity contribution in [3.63, 3.8) is 0 Å². The van der Waals surface area contributed by atoms with E-state index in [1.807, 2.05) is 41.5 Å². The first-order valence-corrected chi connectivity index (χ1v) is 8.67. The molecule has 3 N–H and O–H groups in total. The van der Waals surface area contributed by atoms with Gasteiger partial charge in [0.15, 0.2) is 0 Å². The van der Waals surface area contributed by atoms with Crippen LogP contribution in [-0.4, -0.2) is 48.6 Å². The number of hydrogen-bond donors (Lipinski definition) is 3. The third-order valence-electron chi connectivity index (χ3n) is 2.76. The van der Waals surface area contributed by atoms with Gasteiger partial charge in [-0.25, -0.2) is 14.6 Å². The third kappa shape index (κ3) is 9.53. The second-order valence-electron chi connectivity index (χ2n) is 7.73. The van der Waals surface area contributed by atoms with E-state index in [1.165, 1.54) is 13.2 Å². The number of aromatic nitrogens is 1. The molecule has 0 aliphatic carbocycles. The van der Waals surface area contributed by atoms with Crippen LogP contribution >= 0.6 is 0 Å². The van der Waals surface area contributed by atoms with Crippen LogP contribution in [0.5, 0.6) is 5.88 Å². The molecule has 27 heavy (non-hydrogen) atoms. The Labute approximate surface area is 160 Å². The van der Waals surface area contributed by atoms with Crippen LogP contribution in [0.2, 0.25) is 0 Å². The van der Waals surface area contributed by atoms with Crippen molar-refractivity contribution in [2.24, 2.45) is 0 Å². The maximum atomic E-state index is 11.6. The largest absolute Gasteiger partial charge is 0.474 e. The van der Waals surface area contributed by atoms with Crippen molar-refractivity contribution in [1.29, 1.82) is 0 Å². The maximum Gasteiger partial charge on any atom is 0.412 e. The van der Waals surface area contributed by atoms with Crippen LogP contribution < -0.4 is 20.7 Å². The number of amides is 2. The first-order valence-electron chi connectivity index (χ1n) is 8.67. The topological polar surface area (TPSA) is 111 Å². The van der Waals surface area contributed by atoms with Crippen LogP contribution in [0.3, 0.4) is 0 Å². The summed E-state index contributed by atoms with van der Waals surface area (Å²) in [5, 5.41) is 8.13. The number of fused-ring (bicyclic) bond motifs is 1. The summed E-state index contributed by atoms with van der Waals surface area (Å²) in [6.45, 7) is 12.2. The molecule has 0 unspecified atom stereocenters. The minimum Gasteiger partial charge on any atom is -0.474 e. The van der Waals surface area contributed by atoms with Gasteiger partial charge in [-0.05, 0) is 47.6 Å². The molecule has 1 aromatic heterocycles. The fourth-order valence-corrected chi connectivity index (χ4v) is 1.85. The Bertz CT molecular complexity index is 650. The van der Waals surface area contributed by atoms with Crippen molar-refractivity contribution in [3.05, 3.63) is 12.3 Å². The summed E-state index contributed by atoms with van der Waals surface area (Å²) in [6, 6.07) is 1.77. The Morgan fingerprint density at radius 1 is 1.11 bits per heavy atom. The van der Waals surface area contributed by atoms with E-state index >= 15 is 0 Å². The monoisotopic (exact) mass is 382 g/mol. The zero-order valence-electron chi connectivity index (χ0n) is 17.1. The number of ether oxygens (including phenoxy) is 3. The van der Waals surface area contributed by atoms with E-state index in [-0.39, 0.29) is 11.7 Å². The second kappa shape index (κ2) is 9.29. The lowest BCUT2D eigenvalue weighted by molar-refractivity contribution is 0.0540. The molecule has 152 valence electrons. The van der Waals surface area contributed by atoms with Crippen LogP contribution in [0.1, 0.15) is 41.5 Å². The average Bonchev–Trinajstić information content (AvgIpc) is 2.52. The molecule has 9 heteroatoms. The molecular formula is C18H30N4O5. The van der Waals surface area contributed by atoms with E-state index < -0.39 is 11.7 Å². The number of nitrogens with one attached hydrogen (secondary N) is 3. The maximum absolute atomic E-state index is 11.6. The minimum atomic E-state index is -0.521. The number of carbonyl (C=O) groups is 2. The van der Waals surface area contributed by atoms with Crippen molar-refractivity contribution < 1.29 is 23.8 Å². The van der Waals surface area contributed by atoms with Crippen molar-refractivity contribution in [1.82, 2.24) is 10.3 Å². The predicted molar refractivity (Wildman–Crippen MR) is 103 cm³/mol. The lowest BCUT2D eigenvalue weighted by atomic mass is 10.2. The first kappa shape index (κ1) is 22.3. The van der Waals surface area contributed by atoms with Gasteiger partial charge in [-0.2, -0.15) is 0 Å². The number of anilines is 2. The van der Waals surface area contributed by atoms with Gasteiger partial charge >= 0.3 is 12.2 Å². The SMILES string of the molecule is CC(C)(C)OC(=O)Nc1cnc2c(c1)NCCO2.CNC(=O)OC(C)(C)C. The van der Waals surface area contributed by atoms with Crippen molar-refractivity contribution in [2.75, 3.05) is 30.8 Å². The Kier molecular flexibility index (Phi) is 7.68. The Hall–Kier alpha value is -2.71. The number of nitrogens with zero attached hydrogens (tertiary/aromatic N) is 1. The highest BCUT2D eigenvalue weighted by Gasteiger charge is 2.18. The molecule has 0 fully saturated rings. The number of alkyl carbamates (subject to hydrolysis) is 1. The van der Waals surface area contributed by atoms with Gasteiger partial charge in [-0.15, -0.1) is 0 Å². The lowest BCUT2D eigenvalue weighted by Gasteiger charge is -2.21. The summed E-state index contributed by atoms with van der Waals surface area (Å²) >= 11 is 0. The minimum absolute atomic E-state index is 0.387. The van der Waals surface area contributed by atoms with Gasteiger partial charge in [0.05, 0.1) is 17.6 Å². The fourth-order valence-electron chi connectivity index (χ4n) is 1.85. The molecule has 0 saturated heterocycles. The van der Waals surface area contributed by atoms with E-state index in [2.05, 4.69) is 20.9 Å². The molecule has 0 radical (unpaired) electrons. The predicted octanol–water partition coefficient (Wildman–Crippen LogP) is 3.37. The molecule has 0 spiro atoms. The quantitative estimate of drug-likeness (QED) is 0.683. The summed E-state index contributed by atoms with van der Waals surface area (Å²) in [5.74, 6) is 0.552. The van der Waals surface area contributed by atoms with Gasteiger partial charge in [0.2, 0.25) is 5.88 Å². The van der Waals surface area contributed by atoms with Crippen LogP contribution in [0, 0.1) is 0 Å². The van der Waals surface area contributed by atoms with Crippen LogP contribution in [-0.2, 0) is 9.47 Å². The van der Waals surface area contributed by atoms with E-state index in [9.17, 15) is 9.59 Å². The van der Waals surface area contributed by atoms with Crippen molar-refractivity contribution in [3.8, 4) is 5.88 Å². The van der Waals surface area contributed by atoms with Gasteiger partial charge in [0, 0.05) is 13.6 Å². The summed E-state index contributed by atoms with van der Waals surface area (Å²) in [7, 11) is 1.54. The molecule has 0 aromatic carbocycles. The Balaban J connectivity index is 0.000000345. The second-order valence-corrected chi connectivity index (χ2v) is 7.73. The van der Waals surface area contributed by atoms with Gasteiger partial charge in [0.25, 0.3) is 0 Å². The van der Waals surface area contributed by atoms with Crippen LogP contribution in [0.15, 0.2) is 12.3 Å². The molecular weight excluding hydrogens is 352 g/mol. The Morgan fingerprint density at radius 2 is 1.70 bits per heavy atom. The van der Waals surface area contributed by atoms with Gasteiger partial charge in [-0.3, -0.25) is 5.32 Å². The molecule has 1 aliphatic rings. The van der Waals surface area contributed by atoms with Crippen LogP contribution in [0.25, 0.3) is 0 Å². The standard InChI is InChI=1S/C12H17N3O3.C6H13NO2/c1-12(2,3)18-11(16)15-8-6-9-10(14-7-8)17-5-4-13-9;1-6(2,3)9-5(8)7-4/h6-7,13H,4-5H2,1-3H3,(H,15,16);1-4H3,(H,7,8). The van der Waals surface area contributed by atoms with Crippen LogP contribution in [0.4, 0.5) is 21.0 Å². The zero-order valence-corrected chi connectivity index (χ0v) is 17.1. The summed E-state index contributed by atoms with van der Waals surface area (Å²) in [6.07, 6.45) is 0.652. The summed E-state index contributed by atoms with van der Waals surface area (Å²) < 4.78 is 15.3. The lowest BCUT2D eigenvalue weighted by Crippen LogP contribution is -2.30. The van der Waals surface area contributed by atoms with E-state index in [0.29, 0.717) is 18.2 Å². The highest BCUT2D eigenvalue weighted by molar-refractivity contribution is 5.85. The zero-order chi connectivity index (χ0) is 20.7. The molecule has 9 nitrogen and oxygen atoms in total. The molecule has 0 bridgehead atoms. The van der Waals surface area contributed by atoms with Crippen molar-refractivity contribution in [2.45, 2.75) is 52.7 Å². The summed E-state index contributed by atoms with van der Waals surface area (Å²) in [5.41, 5.74) is 0.434. The third-order valence-corrected chi connectivity index (χ3v) is 2.76. The molecule has 0 atom stereocenters. The Morgan fingerprint density at radius 3 is 2.22 bits per heavy atom.